The van der Waals surface area contributed by atoms with E-state index in [1.165, 1.54) is 36.0 Å². The van der Waals surface area contributed by atoms with Gasteiger partial charge in [-0.2, -0.15) is 0 Å². The first-order valence-corrected chi connectivity index (χ1v) is 9.84. The minimum absolute atomic E-state index is 0.00607. The van der Waals surface area contributed by atoms with Gasteiger partial charge in [-0.1, -0.05) is 37.3 Å². The number of aryl methyl sites for hydroxylation is 2. The summed E-state index contributed by atoms with van der Waals surface area (Å²) in [5, 5.41) is 3.14. The molecule has 0 saturated heterocycles. The maximum absolute atomic E-state index is 12.7. The Hall–Kier alpha value is -2.49. The molecule has 2 unspecified atom stereocenters. The zero-order valence-electron chi connectivity index (χ0n) is 16.5. The molecule has 0 fully saturated rings. The molecule has 0 aliphatic heterocycles. The van der Waals surface area contributed by atoms with Crippen LogP contribution in [0.25, 0.3) is 0 Å². The lowest BCUT2D eigenvalue weighted by Crippen LogP contribution is -2.38. The van der Waals surface area contributed by atoms with Gasteiger partial charge in [0.15, 0.2) is 17.6 Å². The first-order chi connectivity index (χ1) is 13.1. The standard InChI is InChI=1S/C23H29NO3/c1-4-20(19-14-13-17-9-5-6-10-18(17)15-19)24-23(25)16(2)27-22-12-8-7-11-21(22)26-3/h7-8,11-16,20H,4-6,9-10H2,1-3H3,(H,24,25). The molecule has 1 aliphatic carbocycles. The van der Waals surface area contributed by atoms with E-state index in [9.17, 15) is 4.79 Å². The zero-order chi connectivity index (χ0) is 19.2. The van der Waals surface area contributed by atoms with Crippen LogP contribution in [0.3, 0.4) is 0 Å². The van der Waals surface area contributed by atoms with Crippen molar-refractivity contribution in [1.82, 2.24) is 5.32 Å². The van der Waals surface area contributed by atoms with Crippen LogP contribution in [-0.2, 0) is 17.6 Å². The van der Waals surface area contributed by atoms with Crippen molar-refractivity contribution in [3.05, 3.63) is 59.2 Å². The van der Waals surface area contributed by atoms with Crippen molar-refractivity contribution in [2.24, 2.45) is 0 Å². The number of hydrogen-bond donors (Lipinski definition) is 1. The summed E-state index contributed by atoms with van der Waals surface area (Å²) < 4.78 is 11.1. The Morgan fingerprint density at radius 2 is 1.78 bits per heavy atom. The maximum atomic E-state index is 12.7. The molecule has 1 aliphatic rings. The van der Waals surface area contributed by atoms with Crippen LogP contribution in [0.5, 0.6) is 11.5 Å². The second kappa shape index (κ2) is 8.94. The van der Waals surface area contributed by atoms with E-state index >= 15 is 0 Å². The molecular formula is C23H29NO3. The van der Waals surface area contributed by atoms with Crippen molar-refractivity contribution in [2.45, 2.75) is 58.1 Å². The highest BCUT2D eigenvalue weighted by molar-refractivity contribution is 5.81. The van der Waals surface area contributed by atoms with E-state index in [1.807, 2.05) is 24.3 Å². The number of benzene rings is 2. The summed E-state index contributed by atoms with van der Waals surface area (Å²) in [6.07, 6.45) is 5.07. The molecule has 144 valence electrons. The van der Waals surface area contributed by atoms with Crippen LogP contribution in [-0.4, -0.2) is 19.1 Å². The van der Waals surface area contributed by atoms with Gasteiger partial charge in [0.25, 0.3) is 5.91 Å². The summed E-state index contributed by atoms with van der Waals surface area (Å²) in [6.45, 7) is 3.86. The van der Waals surface area contributed by atoms with Crippen molar-refractivity contribution in [3.63, 3.8) is 0 Å². The predicted molar refractivity (Wildman–Crippen MR) is 107 cm³/mol. The molecule has 0 radical (unpaired) electrons. The Labute approximate surface area is 161 Å². The molecule has 2 atom stereocenters. The number of para-hydroxylation sites is 2. The molecule has 2 aromatic carbocycles. The largest absolute Gasteiger partial charge is 0.493 e. The van der Waals surface area contributed by atoms with Crippen LogP contribution in [0.15, 0.2) is 42.5 Å². The van der Waals surface area contributed by atoms with Crippen LogP contribution in [0.2, 0.25) is 0 Å². The first kappa shape index (κ1) is 19.3. The number of amides is 1. The van der Waals surface area contributed by atoms with E-state index in [4.69, 9.17) is 9.47 Å². The van der Waals surface area contributed by atoms with Crippen LogP contribution in [0, 0.1) is 0 Å². The molecule has 4 heteroatoms. The molecular weight excluding hydrogens is 338 g/mol. The Kier molecular flexibility index (Phi) is 6.38. The van der Waals surface area contributed by atoms with Gasteiger partial charge in [-0.3, -0.25) is 4.79 Å². The van der Waals surface area contributed by atoms with E-state index in [0.717, 1.165) is 12.8 Å². The summed E-state index contributed by atoms with van der Waals surface area (Å²) >= 11 is 0. The highest BCUT2D eigenvalue weighted by Gasteiger charge is 2.21. The summed E-state index contributed by atoms with van der Waals surface area (Å²) in [7, 11) is 1.59. The summed E-state index contributed by atoms with van der Waals surface area (Å²) in [5.41, 5.74) is 4.07. The van der Waals surface area contributed by atoms with Crippen LogP contribution in [0.4, 0.5) is 0 Å². The van der Waals surface area contributed by atoms with Crippen molar-refractivity contribution >= 4 is 5.91 Å². The Bertz CT molecular complexity index is 787. The summed E-state index contributed by atoms with van der Waals surface area (Å²) in [4.78, 5) is 12.7. The van der Waals surface area contributed by atoms with Gasteiger partial charge >= 0.3 is 0 Å². The van der Waals surface area contributed by atoms with Gasteiger partial charge in [0.2, 0.25) is 0 Å². The molecule has 1 N–H and O–H groups in total. The van der Waals surface area contributed by atoms with E-state index in [2.05, 4.69) is 30.4 Å². The monoisotopic (exact) mass is 367 g/mol. The Morgan fingerprint density at radius 1 is 1.07 bits per heavy atom. The van der Waals surface area contributed by atoms with Gasteiger partial charge in [0.05, 0.1) is 13.2 Å². The van der Waals surface area contributed by atoms with Crippen LogP contribution in [0.1, 0.15) is 55.8 Å². The average molecular weight is 367 g/mol. The lowest BCUT2D eigenvalue weighted by atomic mass is 9.89. The van der Waals surface area contributed by atoms with Crippen molar-refractivity contribution in [3.8, 4) is 11.5 Å². The number of fused-ring (bicyclic) bond motifs is 1. The van der Waals surface area contributed by atoms with E-state index < -0.39 is 6.10 Å². The first-order valence-electron chi connectivity index (χ1n) is 9.84. The van der Waals surface area contributed by atoms with E-state index in [0.29, 0.717) is 11.5 Å². The molecule has 27 heavy (non-hydrogen) atoms. The van der Waals surface area contributed by atoms with Crippen LogP contribution < -0.4 is 14.8 Å². The van der Waals surface area contributed by atoms with Gasteiger partial charge in [0.1, 0.15) is 0 Å². The normalized spacial score (nSPS) is 15.4. The Morgan fingerprint density at radius 3 is 2.48 bits per heavy atom. The minimum Gasteiger partial charge on any atom is -0.493 e. The smallest absolute Gasteiger partial charge is 0.261 e. The molecule has 0 spiro atoms. The second-order valence-electron chi connectivity index (χ2n) is 7.12. The lowest BCUT2D eigenvalue weighted by Gasteiger charge is -2.23. The Balaban J connectivity index is 1.67. The van der Waals surface area contributed by atoms with E-state index in [-0.39, 0.29) is 11.9 Å². The minimum atomic E-state index is -0.604. The highest BCUT2D eigenvalue weighted by atomic mass is 16.5. The fourth-order valence-corrected chi connectivity index (χ4v) is 3.64. The van der Waals surface area contributed by atoms with Crippen molar-refractivity contribution in [1.29, 1.82) is 0 Å². The number of rotatable bonds is 7. The predicted octanol–water partition coefficient (Wildman–Crippen LogP) is 4.61. The molecule has 3 rings (SSSR count). The van der Waals surface area contributed by atoms with Gasteiger partial charge in [-0.25, -0.2) is 0 Å². The third-order valence-corrected chi connectivity index (χ3v) is 5.24. The van der Waals surface area contributed by atoms with Gasteiger partial charge in [-0.15, -0.1) is 0 Å². The lowest BCUT2D eigenvalue weighted by molar-refractivity contribution is -0.128. The summed E-state index contributed by atoms with van der Waals surface area (Å²) in [5.74, 6) is 1.08. The number of carbonyl (C=O) groups excluding carboxylic acids is 1. The molecule has 0 saturated carbocycles. The fraction of sp³-hybridized carbons (Fsp3) is 0.435. The van der Waals surface area contributed by atoms with Crippen molar-refractivity contribution < 1.29 is 14.3 Å². The SMILES string of the molecule is CCC(NC(=O)C(C)Oc1ccccc1OC)c1ccc2c(c1)CCCC2. The number of methoxy groups -OCH3 is 1. The van der Waals surface area contributed by atoms with Gasteiger partial charge in [-0.05, 0) is 67.9 Å². The van der Waals surface area contributed by atoms with Gasteiger partial charge in [0, 0.05) is 0 Å². The maximum Gasteiger partial charge on any atom is 0.261 e. The average Bonchev–Trinajstić information content (AvgIpc) is 2.71. The highest BCUT2D eigenvalue weighted by Crippen LogP contribution is 2.28. The van der Waals surface area contributed by atoms with E-state index in [1.54, 1.807) is 14.0 Å². The molecule has 1 amide bonds. The van der Waals surface area contributed by atoms with Crippen molar-refractivity contribution in [2.75, 3.05) is 7.11 Å². The second-order valence-corrected chi connectivity index (χ2v) is 7.12. The zero-order valence-corrected chi connectivity index (χ0v) is 16.5. The van der Waals surface area contributed by atoms with Gasteiger partial charge < -0.3 is 14.8 Å². The number of carbonyl (C=O) groups is 1. The number of hydrogen-bond acceptors (Lipinski definition) is 3. The molecule has 0 aromatic heterocycles. The molecule has 4 nitrogen and oxygen atoms in total. The quantitative estimate of drug-likeness (QED) is 0.777. The molecule has 0 bridgehead atoms. The van der Waals surface area contributed by atoms with Crippen LogP contribution >= 0.6 is 0 Å². The number of nitrogens with one attached hydrogen (secondary N) is 1. The molecule has 2 aromatic rings. The summed E-state index contributed by atoms with van der Waals surface area (Å²) in [6, 6.07) is 14.0. The molecule has 0 heterocycles. The fourth-order valence-electron chi connectivity index (χ4n) is 3.64. The third kappa shape index (κ3) is 4.62. The third-order valence-electron chi connectivity index (χ3n) is 5.24. The number of ether oxygens (including phenoxy) is 2. The topological polar surface area (TPSA) is 47.6 Å².